The molecule has 0 aromatic rings. The molecule has 110 valence electrons. The molecule has 0 heterocycles. The standard InChI is InChI=1S/C8H12Cl2F6OSi/c1-3-5-17-7(13,14)6(11,12)8(15,16)18(9,10)4-2/h3-5H2,1-2H3. The second-order valence-corrected chi connectivity index (χ2v) is 10.8. The Morgan fingerprint density at radius 3 is 1.78 bits per heavy atom. The van der Waals surface area contributed by atoms with Crippen molar-refractivity contribution in [2.45, 2.75) is 43.9 Å². The van der Waals surface area contributed by atoms with Crippen LogP contribution < -0.4 is 0 Å². The number of hydrogen-bond acceptors (Lipinski definition) is 1. The first-order valence-corrected chi connectivity index (χ1v) is 9.25. The Bertz CT molecular complexity index is 287. The van der Waals surface area contributed by atoms with Crippen LogP contribution in [0.25, 0.3) is 0 Å². The summed E-state index contributed by atoms with van der Waals surface area (Å²) in [6.45, 7) is -3.29. The molecule has 0 radical (unpaired) electrons. The predicted octanol–water partition coefficient (Wildman–Crippen LogP) is 4.76. The lowest BCUT2D eigenvalue weighted by Gasteiger charge is -2.36. The molecule has 0 amide bonds. The maximum Gasteiger partial charge on any atom is 0.425 e. The van der Waals surface area contributed by atoms with Crippen molar-refractivity contribution in [3.8, 4) is 0 Å². The van der Waals surface area contributed by atoms with Crippen LogP contribution in [0.2, 0.25) is 6.04 Å². The quantitative estimate of drug-likeness (QED) is 0.370. The Labute approximate surface area is 111 Å². The molecule has 0 unspecified atom stereocenters. The SMILES string of the molecule is CCCOC(F)(F)C(F)(F)C(F)(F)[Si](Cl)(Cl)CC. The molecule has 0 saturated heterocycles. The fourth-order valence-electron chi connectivity index (χ4n) is 0.955. The summed E-state index contributed by atoms with van der Waals surface area (Å²) < 4.78 is 82.8. The van der Waals surface area contributed by atoms with Crippen LogP contribution in [0.3, 0.4) is 0 Å². The van der Waals surface area contributed by atoms with Crippen LogP contribution in [0, 0.1) is 0 Å². The van der Waals surface area contributed by atoms with Gasteiger partial charge in [-0.25, -0.2) is 8.78 Å². The Balaban J connectivity index is 5.35. The van der Waals surface area contributed by atoms with E-state index in [0.717, 1.165) is 6.92 Å². The highest BCUT2D eigenvalue weighted by Gasteiger charge is 2.79. The fraction of sp³-hybridized carbons (Fsp3) is 1.00. The summed E-state index contributed by atoms with van der Waals surface area (Å²) in [5.74, 6) is -5.76. The van der Waals surface area contributed by atoms with E-state index in [-0.39, 0.29) is 6.42 Å². The minimum absolute atomic E-state index is 0.0324. The van der Waals surface area contributed by atoms with Gasteiger partial charge in [0, 0.05) is 0 Å². The third-order valence-electron chi connectivity index (χ3n) is 2.15. The summed E-state index contributed by atoms with van der Waals surface area (Å²) in [5.41, 5.74) is -5.21. The van der Waals surface area contributed by atoms with Gasteiger partial charge in [-0.05, 0) is 12.5 Å². The highest BCUT2D eigenvalue weighted by atomic mass is 35.7. The van der Waals surface area contributed by atoms with E-state index in [1.807, 2.05) is 0 Å². The smallest absolute Gasteiger partial charge is 0.316 e. The van der Waals surface area contributed by atoms with Gasteiger partial charge in [-0.2, -0.15) is 17.6 Å². The third kappa shape index (κ3) is 3.08. The second-order valence-electron chi connectivity index (χ2n) is 3.57. The molecule has 0 fully saturated rings. The molecule has 0 aliphatic heterocycles. The predicted molar refractivity (Wildman–Crippen MR) is 59.0 cm³/mol. The maximum absolute atomic E-state index is 13.4. The summed E-state index contributed by atoms with van der Waals surface area (Å²) in [6.07, 6.45) is -5.36. The molecule has 0 aromatic heterocycles. The third-order valence-corrected chi connectivity index (χ3v) is 7.30. The van der Waals surface area contributed by atoms with E-state index in [2.05, 4.69) is 4.74 Å². The average Bonchev–Trinajstić information content (AvgIpc) is 2.25. The molecule has 0 bridgehead atoms. The molecule has 18 heavy (non-hydrogen) atoms. The van der Waals surface area contributed by atoms with E-state index < -0.39 is 36.9 Å². The van der Waals surface area contributed by atoms with Gasteiger partial charge in [0.2, 0.25) is 0 Å². The van der Waals surface area contributed by atoms with Crippen LogP contribution in [0.4, 0.5) is 26.3 Å². The van der Waals surface area contributed by atoms with E-state index in [9.17, 15) is 26.3 Å². The van der Waals surface area contributed by atoms with Crippen LogP contribution in [-0.4, -0.2) is 30.9 Å². The summed E-state index contributed by atoms with van der Waals surface area (Å²) in [6, 6.07) is -0.706. The monoisotopic (exact) mass is 336 g/mol. The first kappa shape index (κ1) is 18.3. The lowest BCUT2D eigenvalue weighted by Crippen LogP contribution is -2.64. The minimum Gasteiger partial charge on any atom is -0.316 e. The van der Waals surface area contributed by atoms with E-state index >= 15 is 0 Å². The molecule has 0 aromatic carbocycles. The Morgan fingerprint density at radius 2 is 1.44 bits per heavy atom. The van der Waals surface area contributed by atoms with Crippen LogP contribution in [0.15, 0.2) is 0 Å². The van der Waals surface area contributed by atoms with Crippen molar-refractivity contribution in [1.29, 1.82) is 0 Å². The first-order valence-electron chi connectivity index (χ1n) is 5.02. The van der Waals surface area contributed by atoms with Crippen LogP contribution in [-0.2, 0) is 4.74 Å². The van der Waals surface area contributed by atoms with Crippen LogP contribution >= 0.6 is 22.2 Å². The molecular formula is C8H12Cl2F6OSi. The van der Waals surface area contributed by atoms with Crippen molar-refractivity contribution >= 4 is 28.9 Å². The van der Waals surface area contributed by atoms with Gasteiger partial charge >= 0.3 is 24.3 Å². The maximum atomic E-state index is 13.4. The van der Waals surface area contributed by atoms with Gasteiger partial charge in [-0.15, -0.1) is 22.2 Å². The van der Waals surface area contributed by atoms with Crippen LogP contribution in [0.5, 0.6) is 0 Å². The highest BCUT2D eigenvalue weighted by molar-refractivity contribution is 7.46. The molecule has 0 rings (SSSR count). The molecular weight excluding hydrogens is 325 g/mol. The lowest BCUT2D eigenvalue weighted by atomic mass is 10.3. The molecule has 0 spiro atoms. The molecule has 1 nitrogen and oxygen atoms in total. The van der Waals surface area contributed by atoms with E-state index in [4.69, 9.17) is 22.2 Å². The summed E-state index contributed by atoms with van der Waals surface area (Å²) >= 11 is 10.2. The van der Waals surface area contributed by atoms with Crippen LogP contribution in [0.1, 0.15) is 20.3 Å². The van der Waals surface area contributed by atoms with E-state index in [1.54, 1.807) is 0 Å². The molecule has 0 aliphatic rings. The Kier molecular flexibility index (Phi) is 5.87. The van der Waals surface area contributed by atoms with Crippen molar-refractivity contribution in [2.24, 2.45) is 0 Å². The van der Waals surface area contributed by atoms with Gasteiger partial charge in [-0.1, -0.05) is 13.8 Å². The van der Waals surface area contributed by atoms with Gasteiger partial charge in [0.05, 0.1) is 6.61 Å². The lowest BCUT2D eigenvalue weighted by molar-refractivity contribution is -0.383. The Hall–Kier alpha value is 0.337. The normalized spacial score (nSPS) is 15.0. The average molecular weight is 337 g/mol. The zero-order valence-corrected chi connectivity index (χ0v) is 12.1. The van der Waals surface area contributed by atoms with Gasteiger partial charge in [0.1, 0.15) is 0 Å². The fourth-order valence-corrected chi connectivity index (χ4v) is 2.72. The molecule has 0 saturated carbocycles. The first-order chi connectivity index (χ1) is 7.87. The molecule has 0 atom stereocenters. The minimum atomic E-state index is -5.76. The summed E-state index contributed by atoms with van der Waals surface area (Å²) in [7, 11) is 0. The number of ether oxygens (including phenoxy) is 1. The van der Waals surface area contributed by atoms with E-state index in [1.165, 1.54) is 6.92 Å². The van der Waals surface area contributed by atoms with Gasteiger partial charge in [0.25, 0.3) is 0 Å². The molecule has 10 heteroatoms. The number of alkyl halides is 6. The largest absolute Gasteiger partial charge is 0.425 e. The zero-order valence-electron chi connectivity index (χ0n) is 9.55. The Morgan fingerprint density at radius 1 is 1.00 bits per heavy atom. The van der Waals surface area contributed by atoms with Gasteiger partial charge < -0.3 is 4.74 Å². The topological polar surface area (TPSA) is 9.23 Å². The molecule has 0 N–H and O–H groups in total. The number of rotatable bonds is 7. The van der Waals surface area contributed by atoms with Gasteiger partial charge in [0.15, 0.2) is 0 Å². The summed E-state index contributed by atoms with van der Waals surface area (Å²) in [4.78, 5) is 0. The van der Waals surface area contributed by atoms with E-state index in [0.29, 0.717) is 0 Å². The highest BCUT2D eigenvalue weighted by Crippen LogP contribution is 2.53. The van der Waals surface area contributed by atoms with Crippen molar-refractivity contribution in [3.05, 3.63) is 0 Å². The second kappa shape index (κ2) is 5.76. The zero-order chi connectivity index (χ0) is 14.8. The van der Waals surface area contributed by atoms with Crippen molar-refractivity contribution in [1.82, 2.24) is 0 Å². The van der Waals surface area contributed by atoms with Crippen molar-refractivity contribution < 1.29 is 31.1 Å². The van der Waals surface area contributed by atoms with Crippen molar-refractivity contribution in [2.75, 3.05) is 6.61 Å². The van der Waals surface area contributed by atoms with Crippen molar-refractivity contribution in [3.63, 3.8) is 0 Å². The summed E-state index contributed by atoms with van der Waals surface area (Å²) in [5, 5.41) is 0. The number of hydrogen-bond donors (Lipinski definition) is 0. The van der Waals surface area contributed by atoms with Gasteiger partial charge in [-0.3, -0.25) is 0 Å². The number of halogens is 8. The molecule has 0 aliphatic carbocycles.